The lowest BCUT2D eigenvalue weighted by molar-refractivity contribution is -0.134. The molecule has 164 valence electrons. The van der Waals surface area contributed by atoms with E-state index in [1.807, 2.05) is 44.2 Å². The molecule has 3 N–H and O–H groups in total. The maximum atomic E-state index is 12.2. The number of nitrogens with zero attached hydrogens (tertiary/aromatic N) is 1. The molecule has 1 unspecified atom stereocenters. The summed E-state index contributed by atoms with van der Waals surface area (Å²) in [6.07, 6.45) is 0.817. The Balaban J connectivity index is 1.45. The van der Waals surface area contributed by atoms with Gasteiger partial charge in [0.1, 0.15) is 0 Å². The van der Waals surface area contributed by atoms with Gasteiger partial charge in [-0.05, 0) is 61.2 Å². The molecule has 1 aromatic heterocycles. The van der Waals surface area contributed by atoms with Crippen LogP contribution < -0.4 is 16.0 Å². The molecule has 7 nitrogen and oxygen atoms in total. The fraction of sp³-hybridized carbons (Fsp3) is 0.250. The van der Waals surface area contributed by atoms with Crippen molar-refractivity contribution in [3.63, 3.8) is 0 Å². The Kier molecular flexibility index (Phi) is 6.10. The first kappa shape index (κ1) is 21.8. The number of fused-ring (bicyclic) bond motifs is 1. The smallest absolute Gasteiger partial charge is 0.319 e. The molecule has 32 heavy (non-hydrogen) atoms. The highest BCUT2D eigenvalue weighted by Crippen LogP contribution is 2.29. The number of nitrogens with one attached hydrogen (secondary N) is 3. The van der Waals surface area contributed by atoms with E-state index < -0.39 is 0 Å². The molecule has 3 aromatic rings. The number of amides is 4. The van der Waals surface area contributed by atoms with Crippen molar-refractivity contribution < 1.29 is 14.4 Å². The van der Waals surface area contributed by atoms with Crippen LogP contribution in [-0.4, -0.2) is 22.8 Å². The first-order valence-electron chi connectivity index (χ1n) is 10.3. The molecule has 0 bridgehead atoms. The number of halogens is 1. The molecule has 1 aliphatic heterocycles. The molecule has 1 saturated heterocycles. The third-order valence-electron chi connectivity index (χ3n) is 5.61. The van der Waals surface area contributed by atoms with Crippen molar-refractivity contribution in [2.75, 3.05) is 5.32 Å². The Bertz CT molecular complexity index is 1240. The summed E-state index contributed by atoms with van der Waals surface area (Å²) in [5, 5.41) is 9.49. The average molecular weight is 451 g/mol. The highest BCUT2D eigenvalue weighted by molar-refractivity contribution is 6.31. The topological polar surface area (TPSA) is 100 Å². The zero-order chi connectivity index (χ0) is 22.8. The monoisotopic (exact) mass is 450 g/mol. The Labute approximate surface area is 190 Å². The number of carbonyl (C=O) groups excluding carboxylic acids is 3. The number of urea groups is 1. The molecule has 0 spiro atoms. The van der Waals surface area contributed by atoms with Crippen molar-refractivity contribution in [1.82, 2.24) is 15.6 Å². The van der Waals surface area contributed by atoms with Crippen LogP contribution in [0.2, 0.25) is 5.02 Å². The number of anilines is 1. The van der Waals surface area contributed by atoms with E-state index in [1.165, 1.54) is 0 Å². The molecule has 4 rings (SSSR count). The summed E-state index contributed by atoms with van der Waals surface area (Å²) in [7, 11) is 0. The number of benzene rings is 2. The minimum absolute atomic E-state index is 0.232. The summed E-state index contributed by atoms with van der Waals surface area (Å²) in [4.78, 5) is 40.6. The van der Waals surface area contributed by atoms with Gasteiger partial charge in [0.15, 0.2) is 0 Å². The third-order valence-corrected chi connectivity index (χ3v) is 6.02. The van der Waals surface area contributed by atoms with Crippen molar-refractivity contribution in [3.8, 4) is 0 Å². The molecular weight excluding hydrogens is 428 g/mol. The van der Waals surface area contributed by atoms with E-state index in [4.69, 9.17) is 11.6 Å². The Morgan fingerprint density at radius 3 is 2.72 bits per heavy atom. The minimum Gasteiger partial charge on any atom is -0.334 e. The standard InChI is InChI=1S/C24H23ClN4O3/c1-13-3-6-17(11-20(13)25)28-24(32)26-12-15-4-5-16-10-19(14(2)27-21(16)9-15)18-7-8-22(30)29-23(18)31/h3-6,9-11,18H,7-8,12H2,1-2H3,(H2,26,28,32)(H,29,30,31). The molecule has 1 atom stereocenters. The summed E-state index contributed by atoms with van der Waals surface area (Å²) in [6, 6.07) is 12.7. The lowest BCUT2D eigenvalue weighted by Gasteiger charge is -2.22. The highest BCUT2D eigenvalue weighted by Gasteiger charge is 2.29. The van der Waals surface area contributed by atoms with Gasteiger partial charge in [0.2, 0.25) is 11.8 Å². The number of carbonyl (C=O) groups is 3. The van der Waals surface area contributed by atoms with Gasteiger partial charge in [-0.2, -0.15) is 0 Å². The van der Waals surface area contributed by atoms with Gasteiger partial charge in [0.25, 0.3) is 0 Å². The van der Waals surface area contributed by atoms with E-state index in [9.17, 15) is 14.4 Å². The number of aromatic nitrogens is 1. The van der Waals surface area contributed by atoms with E-state index in [0.717, 1.165) is 33.3 Å². The van der Waals surface area contributed by atoms with Gasteiger partial charge in [-0.15, -0.1) is 0 Å². The Morgan fingerprint density at radius 1 is 1.16 bits per heavy atom. The quantitative estimate of drug-likeness (QED) is 0.514. The van der Waals surface area contributed by atoms with Crippen LogP contribution in [-0.2, 0) is 16.1 Å². The molecule has 8 heteroatoms. The van der Waals surface area contributed by atoms with Crippen molar-refractivity contribution in [2.24, 2.45) is 0 Å². The molecule has 2 heterocycles. The number of pyridine rings is 1. The fourth-order valence-electron chi connectivity index (χ4n) is 3.81. The third kappa shape index (κ3) is 4.73. The van der Waals surface area contributed by atoms with E-state index in [2.05, 4.69) is 20.9 Å². The molecule has 0 aliphatic carbocycles. The number of piperidine rings is 1. The van der Waals surface area contributed by atoms with E-state index >= 15 is 0 Å². The maximum absolute atomic E-state index is 12.2. The second-order valence-electron chi connectivity index (χ2n) is 7.97. The largest absolute Gasteiger partial charge is 0.334 e. The molecule has 0 saturated carbocycles. The second-order valence-corrected chi connectivity index (χ2v) is 8.37. The summed E-state index contributed by atoms with van der Waals surface area (Å²) in [5.41, 5.74) is 4.83. The number of hydrogen-bond acceptors (Lipinski definition) is 4. The Morgan fingerprint density at radius 2 is 1.97 bits per heavy atom. The summed E-state index contributed by atoms with van der Waals surface area (Å²) >= 11 is 6.10. The molecule has 4 amide bonds. The lowest BCUT2D eigenvalue weighted by Crippen LogP contribution is -2.39. The van der Waals surface area contributed by atoms with Crippen LogP contribution in [0.1, 0.15) is 41.1 Å². The highest BCUT2D eigenvalue weighted by atomic mass is 35.5. The van der Waals surface area contributed by atoms with Gasteiger partial charge in [-0.3, -0.25) is 19.9 Å². The number of imide groups is 1. The van der Waals surface area contributed by atoms with Crippen molar-refractivity contribution in [2.45, 2.75) is 39.2 Å². The van der Waals surface area contributed by atoms with E-state index in [1.54, 1.807) is 12.1 Å². The summed E-state index contributed by atoms with van der Waals surface area (Å²) in [5.74, 6) is -0.874. The normalized spacial score (nSPS) is 16.0. The predicted octanol–water partition coefficient (Wildman–Crippen LogP) is 4.35. The Hall–Kier alpha value is -3.45. The van der Waals surface area contributed by atoms with Gasteiger partial charge in [-0.25, -0.2) is 4.79 Å². The SMILES string of the molecule is Cc1ccc(NC(=O)NCc2ccc3cc(C4CCC(=O)NC4=O)c(C)nc3c2)cc1Cl. The van der Waals surface area contributed by atoms with Crippen molar-refractivity contribution in [1.29, 1.82) is 0 Å². The summed E-state index contributed by atoms with van der Waals surface area (Å²) in [6.45, 7) is 4.09. The van der Waals surface area contributed by atoms with Crippen LogP contribution in [0.3, 0.4) is 0 Å². The first-order chi connectivity index (χ1) is 15.3. The van der Waals surface area contributed by atoms with Crippen LogP contribution in [0.25, 0.3) is 10.9 Å². The van der Waals surface area contributed by atoms with Crippen LogP contribution in [0.15, 0.2) is 42.5 Å². The second kappa shape index (κ2) is 8.96. The van der Waals surface area contributed by atoms with E-state index in [-0.39, 0.29) is 23.8 Å². The van der Waals surface area contributed by atoms with Crippen LogP contribution in [0.5, 0.6) is 0 Å². The van der Waals surface area contributed by atoms with Gasteiger partial charge in [0.05, 0.1) is 11.4 Å². The van der Waals surface area contributed by atoms with Crippen molar-refractivity contribution in [3.05, 3.63) is 69.9 Å². The fourth-order valence-corrected chi connectivity index (χ4v) is 3.99. The molecule has 1 aliphatic rings. The van der Waals surface area contributed by atoms with Crippen LogP contribution in [0.4, 0.5) is 10.5 Å². The lowest BCUT2D eigenvalue weighted by atomic mass is 9.89. The predicted molar refractivity (Wildman–Crippen MR) is 124 cm³/mol. The van der Waals surface area contributed by atoms with Gasteiger partial charge in [0, 0.05) is 34.8 Å². The van der Waals surface area contributed by atoms with Gasteiger partial charge < -0.3 is 10.6 Å². The van der Waals surface area contributed by atoms with Crippen LogP contribution >= 0.6 is 11.6 Å². The number of hydrogen-bond donors (Lipinski definition) is 3. The zero-order valence-corrected chi connectivity index (χ0v) is 18.5. The zero-order valence-electron chi connectivity index (χ0n) is 17.8. The molecule has 2 aromatic carbocycles. The maximum Gasteiger partial charge on any atom is 0.319 e. The molecule has 1 fully saturated rings. The minimum atomic E-state index is -0.370. The van der Waals surface area contributed by atoms with Crippen molar-refractivity contribution >= 4 is 46.0 Å². The number of rotatable bonds is 4. The van der Waals surface area contributed by atoms with E-state index in [0.29, 0.717) is 30.1 Å². The van der Waals surface area contributed by atoms with Gasteiger partial charge >= 0.3 is 6.03 Å². The van der Waals surface area contributed by atoms with Gasteiger partial charge in [-0.1, -0.05) is 29.8 Å². The number of aryl methyl sites for hydroxylation is 2. The van der Waals surface area contributed by atoms with Crippen LogP contribution in [0, 0.1) is 13.8 Å². The average Bonchev–Trinajstić information content (AvgIpc) is 2.75. The molecule has 0 radical (unpaired) electrons. The summed E-state index contributed by atoms with van der Waals surface area (Å²) < 4.78 is 0. The molecular formula is C24H23ClN4O3. The first-order valence-corrected chi connectivity index (χ1v) is 10.7.